The summed E-state index contributed by atoms with van der Waals surface area (Å²) >= 11 is 1.91. The van der Waals surface area contributed by atoms with Gasteiger partial charge >= 0.3 is 0 Å². The average Bonchev–Trinajstić information content (AvgIpc) is 3.59. The molecule has 1 aromatic heterocycles. The van der Waals surface area contributed by atoms with Gasteiger partial charge in [-0.05, 0) is 148 Å². The Kier molecular flexibility index (Phi) is 4.95. The number of anilines is 3. The van der Waals surface area contributed by atoms with Gasteiger partial charge in [0.25, 0.3) is 0 Å². The zero-order chi connectivity index (χ0) is 32.7. The zero-order valence-electron chi connectivity index (χ0n) is 29.0. The van der Waals surface area contributed by atoms with Crippen LogP contribution in [0.25, 0.3) is 31.3 Å². The maximum atomic E-state index is 2.68. The SMILES string of the molecule is CC1(C)CCC(C)(C)c2c(N(c3ccc4c(c3)C3(c5ccccc5-4)C4CC5CC6CC3C564)c3ccc4sc5ccccc5c4c3)cccc21. The fourth-order valence-corrected chi connectivity index (χ4v) is 14.3. The van der Waals surface area contributed by atoms with E-state index in [0.717, 1.165) is 23.7 Å². The molecule has 0 bridgehead atoms. The van der Waals surface area contributed by atoms with Gasteiger partial charge in [0.1, 0.15) is 0 Å². The molecule has 6 aromatic rings. The van der Waals surface area contributed by atoms with Crippen molar-refractivity contribution in [3.05, 3.63) is 125 Å². The lowest BCUT2D eigenvalue weighted by Crippen LogP contribution is -2.88. The van der Waals surface area contributed by atoms with Crippen LogP contribution in [0, 0.1) is 29.1 Å². The first-order valence-corrected chi connectivity index (χ1v) is 19.7. The molecule has 0 radical (unpaired) electrons. The predicted octanol–water partition coefficient (Wildman–Crippen LogP) is 12.8. The van der Waals surface area contributed by atoms with Gasteiger partial charge in [-0.3, -0.25) is 0 Å². The molecule has 6 aliphatic rings. The Morgan fingerprint density at radius 3 is 2.08 bits per heavy atom. The lowest BCUT2D eigenvalue weighted by Gasteiger charge is -2.92. The van der Waals surface area contributed by atoms with Crippen molar-refractivity contribution in [1.29, 1.82) is 0 Å². The molecule has 6 aliphatic carbocycles. The third kappa shape index (κ3) is 3.02. The second-order valence-corrected chi connectivity index (χ2v) is 19.0. The maximum absolute atomic E-state index is 2.68. The third-order valence-electron chi connectivity index (χ3n) is 15.4. The smallest absolute Gasteiger partial charge is 0.0502 e. The van der Waals surface area contributed by atoms with E-state index in [-0.39, 0.29) is 16.2 Å². The van der Waals surface area contributed by atoms with Crippen molar-refractivity contribution in [2.24, 2.45) is 29.1 Å². The Balaban J connectivity index is 1.12. The Morgan fingerprint density at radius 2 is 1.24 bits per heavy atom. The topological polar surface area (TPSA) is 3.24 Å². The normalized spacial score (nSPS) is 31.3. The van der Waals surface area contributed by atoms with Crippen molar-refractivity contribution in [2.75, 3.05) is 4.90 Å². The number of hydrogen-bond acceptors (Lipinski definition) is 2. The summed E-state index contributed by atoms with van der Waals surface area (Å²) in [5.41, 5.74) is 14.4. The van der Waals surface area contributed by atoms with E-state index < -0.39 is 0 Å². The highest BCUT2D eigenvalue weighted by atomic mass is 32.1. The van der Waals surface area contributed by atoms with Gasteiger partial charge in [-0.15, -0.1) is 11.3 Å². The summed E-state index contributed by atoms with van der Waals surface area (Å²) in [7, 11) is 0. The molecular formula is C47H43NS. The van der Waals surface area contributed by atoms with Gasteiger partial charge in [0.05, 0.1) is 5.69 Å². The maximum Gasteiger partial charge on any atom is 0.0502 e. The van der Waals surface area contributed by atoms with Gasteiger partial charge < -0.3 is 4.90 Å². The van der Waals surface area contributed by atoms with Crippen LogP contribution >= 0.6 is 11.3 Å². The second kappa shape index (κ2) is 8.70. The lowest BCUT2D eigenvalue weighted by atomic mass is 9.11. The number of hydrogen-bond donors (Lipinski definition) is 0. The molecule has 0 saturated heterocycles. The molecule has 242 valence electrons. The quantitative estimate of drug-likeness (QED) is 0.184. The molecule has 5 aromatic carbocycles. The first kappa shape index (κ1) is 27.9. The van der Waals surface area contributed by atoms with E-state index in [4.69, 9.17) is 0 Å². The van der Waals surface area contributed by atoms with E-state index in [1.165, 1.54) is 91.6 Å². The van der Waals surface area contributed by atoms with E-state index in [1.54, 1.807) is 11.1 Å². The summed E-state index contributed by atoms with van der Waals surface area (Å²) in [5.74, 6) is 3.67. The molecule has 2 heteroatoms. The molecule has 4 saturated carbocycles. The van der Waals surface area contributed by atoms with E-state index in [2.05, 4.69) is 136 Å². The Bertz CT molecular complexity index is 2420. The van der Waals surface area contributed by atoms with Crippen LogP contribution in [0.1, 0.15) is 82.1 Å². The first-order chi connectivity index (χ1) is 23.7. The highest BCUT2D eigenvalue weighted by molar-refractivity contribution is 7.25. The minimum absolute atomic E-state index is 0.0829. The second-order valence-electron chi connectivity index (χ2n) is 17.9. The predicted molar refractivity (Wildman–Crippen MR) is 206 cm³/mol. The molecule has 0 amide bonds. The Labute approximate surface area is 294 Å². The minimum atomic E-state index is 0.0829. The highest BCUT2D eigenvalue weighted by Gasteiger charge is 2.90. The molecule has 1 nitrogen and oxygen atoms in total. The molecular weight excluding hydrogens is 611 g/mol. The van der Waals surface area contributed by atoms with E-state index >= 15 is 0 Å². The van der Waals surface area contributed by atoms with E-state index in [9.17, 15) is 0 Å². The minimum Gasteiger partial charge on any atom is -0.310 e. The zero-order valence-corrected chi connectivity index (χ0v) is 29.8. The molecule has 4 atom stereocenters. The molecule has 0 N–H and O–H groups in total. The largest absolute Gasteiger partial charge is 0.310 e. The molecule has 49 heavy (non-hydrogen) atoms. The third-order valence-corrected chi connectivity index (χ3v) is 16.5. The van der Waals surface area contributed by atoms with Crippen molar-refractivity contribution in [3.8, 4) is 11.1 Å². The van der Waals surface area contributed by atoms with Crippen molar-refractivity contribution >= 4 is 48.6 Å². The summed E-state index contributed by atoms with van der Waals surface area (Å²) in [6.45, 7) is 9.89. The number of thiophene rings is 1. The van der Waals surface area contributed by atoms with Gasteiger partial charge in [-0.1, -0.05) is 88.4 Å². The monoisotopic (exact) mass is 653 g/mol. The number of fused-ring (bicyclic) bond motifs is 11. The van der Waals surface area contributed by atoms with Crippen LogP contribution in [-0.2, 0) is 16.2 Å². The molecule has 12 rings (SSSR count). The van der Waals surface area contributed by atoms with Crippen molar-refractivity contribution in [3.63, 3.8) is 0 Å². The summed E-state index contributed by atoms with van der Waals surface area (Å²) in [6, 6.07) is 40.6. The standard InChI is InChI=1S/C47H43NS/c1-44(2)20-21-45(3,4)43-36(44)13-9-14-38(43)48(29-17-19-40-34(25-29)33-11-6-8-15-39(33)49-40)30-16-18-32-31-10-5-7-12-35(31)47(37(32)26-30)41-23-27-22-28-24-42(47)46(27,28)41/h5-19,25-28,41-42H,20-24H2,1-4H3. The summed E-state index contributed by atoms with van der Waals surface area (Å²) in [5, 5.41) is 2.73. The number of nitrogens with zero attached hydrogens (tertiary/aromatic N) is 1. The van der Waals surface area contributed by atoms with Crippen molar-refractivity contribution in [2.45, 2.75) is 76.0 Å². The summed E-state index contributed by atoms with van der Waals surface area (Å²) in [6.07, 6.45) is 6.80. The van der Waals surface area contributed by atoms with Crippen LogP contribution in [0.15, 0.2) is 103 Å². The average molecular weight is 654 g/mol. The Morgan fingerprint density at radius 1 is 0.571 bits per heavy atom. The van der Waals surface area contributed by atoms with Gasteiger partial charge in [0, 0.05) is 37.0 Å². The van der Waals surface area contributed by atoms with Crippen molar-refractivity contribution < 1.29 is 0 Å². The Hall–Kier alpha value is -3.88. The molecule has 4 fully saturated rings. The molecule has 4 unspecified atom stereocenters. The van der Waals surface area contributed by atoms with E-state index in [0.29, 0.717) is 5.41 Å². The number of benzene rings is 5. The van der Waals surface area contributed by atoms with Gasteiger partial charge in [-0.2, -0.15) is 0 Å². The van der Waals surface area contributed by atoms with Crippen LogP contribution in [0.5, 0.6) is 0 Å². The van der Waals surface area contributed by atoms with Crippen LogP contribution in [-0.4, -0.2) is 0 Å². The van der Waals surface area contributed by atoms with Crippen LogP contribution in [0.2, 0.25) is 0 Å². The van der Waals surface area contributed by atoms with Gasteiger partial charge in [0.15, 0.2) is 0 Å². The van der Waals surface area contributed by atoms with Crippen LogP contribution in [0.3, 0.4) is 0 Å². The molecule has 0 aliphatic heterocycles. The molecule has 2 spiro atoms. The lowest BCUT2D eigenvalue weighted by molar-refractivity contribution is -0.412. The summed E-state index contributed by atoms with van der Waals surface area (Å²) in [4.78, 5) is 2.66. The first-order valence-electron chi connectivity index (χ1n) is 18.8. The van der Waals surface area contributed by atoms with Gasteiger partial charge in [0.2, 0.25) is 0 Å². The van der Waals surface area contributed by atoms with Crippen LogP contribution < -0.4 is 4.90 Å². The van der Waals surface area contributed by atoms with Crippen LogP contribution in [0.4, 0.5) is 17.1 Å². The fraction of sp³-hybridized carbons (Fsp3) is 0.362. The summed E-state index contributed by atoms with van der Waals surface area (Å²) < 4.78 is 2.73. The fourth-order valence-electron chi connectivity index (χ4n) is 13.3. The van der Waals surface area contributed by atoms with Gasteiger partial charge in [-0.25, -0.2) is 0 Å². The van der Waals surface area contributed by atoms with E-state index in [1.807, 2.05) is 11.3 Å². The van der Waals surface area contributed by atoms with Crippen molar-refractivity contribution in [1.82, 2.24) is 0 Å². The number of rotatable bonds is 3. The highest BCUT2D eigenvalue weighted by Crippen LogP contribution is 2.94. The molecule has 1 heterocycles.